The van der Waals surface area contributed by atoms with Gasteiger partial charge in [0.15, 0.2) is 0 Å². The molecule has 0 aromatic heterocycles. The van der Waals surface area contributed by atoms with E-state index in [2.05, 4.69) is 10.6 Å². The number of methoxy groups -OCH3 is 1. The maximum atomic E-state index is 11.9. The van der Waals surface area contributed by atoms with Gasteiger partial charge in [-0.1, -0.05) is 53.6 Å². The Hall–Kier alpha value is -4.38. The van der Waals surface area contributed by atoms with Gasteiger partial charge in [0.1, 0.15) is 5.75 Å². The van der Waals surface area contributed by atoms with Gasteiger partial charge in [-0.2, -0.15) is 0 Å². The Bertz CT molecular complexity index is 1200. The molecule has 5 heteroatoms. The summed E-state index contributed by atoms with van der Waals surface area (Å²) in [7, 11) is 1.60. The summed E-state index contributed by atoms with van der Waals surface area (Å²) in [4.78, 5) is 23.7. The van der Waals surface area contributed by atoms with Gasteiger partial charge in [-0.15, -0.1) is 0 Å². The van der Waals surface area contributed by atoms with Crippen LogP contribution in [-0.2, 0) is 0 Å². The molecule has 0 radical (unpaired) electrons. The molecule has 0 atom stereocenters. The van der Waals surface area contributed by atoms with Gasteiger partial charge in [0.25, 0.3) is 11.8 Å². The number of benzene rings is 4. The van der Waals surface area contributed by atoms with Crippen LogP contribution in [0.3, 0.4) is 0 Å². The fraction of sp³-hybridized carbons (Fsp3) is 0.103. The first-order valence-corrected chi connectivity index (χ1v) is 10.9. The lowest BCUT2D eigenvalue weighted by atomic mass is 10.2. The zero-order valence-electron chi connectivity index (χ0n) is 19.5. The molecule has 0 saturated carbocycles. The van der Waals surface area contributed by atoms with E-state index in [9.17, 15) is 9.59 Å². The quantitative estimate of drug-likeness (QED) is 0.363. The van der Waals surface area contributed by atoms with Crippen LogP contribution in [0, 0.1) is 13.8 Å². The Morgan fingerprint density at radius 3 is 1.38 bits per heavy atom. The molecule has 0 aliphatic carbocycles. The van der Waals surface area contributed by atoms with Crippen LogP contribution in [0.4, 0.5) is 11.4 Å². The van der Waals surface area contributed by atoms with E-state index in [4.69, 9.17) is 4.74 Å². The Labute approximate surface area is 200 Å². The number of carbonyl (C=O) groups excluding carboxylic acids is 2. The van der Waals surface area contributed by atoms with Gasteiger partial charge in [-0.3, -0.25) is 9.59 Å². The van der Waals surface area contributed by atoms with Crippen LogP contribution in [0.25, 0.3) is 0 Å². The molecule has 0 aliphatic heterocycles. The minimum absolute atomic E-state index is 0.0792. The monoisotopic (exact) mass is 452 g/mol. The molecule has 0 heterocycles. The fourth-order valence-corrected chi connectivity index (χ4v) is 3.01. The number of anilines is 2. The van der Waals surface area contributed by atoms with Gasteiger partial charge in [-0.05, 0) is 74.5 Å². The van der Waals surface area contributed by atoms with Crippen molar-refractivity contribution in [1.82, 2.24) is 0 Å². The third kappa shape index (κ3) is 7.35. The van der Waals surface area contributed by atoms with E-state index in [1.54, 1.807) is 43.5 Å². The van der Waals surface area contributed by atoms with E-state index < -0.39 is 0 Å². The number of rotatable bonds is 5. The van der Waals surface area contributed by atoms with Crippen molar-refractivity contribution >= 4 is 23.2 Å². The predicted molar refractivity (Wildman–Crippen MR) is 138 cm³/mol. The Morgan fingerprint density at radius 1 is 0.559 bits per heavy atom. The molecule has 0 bridgehead atoms. The number of aryl methyl sites for hydroxylation is 2. The SMILES string of the molecule is COc1ccc(C(=O)Nc2ccc(C)cc2)cc1.Cc1ccc(NC(=O)c2ccccc2)cc1. The summed E-state index contributed by atoms with van der Waals surface area (Å²) in [6.07, 6.45) is 0. The molecule has 0 saturated heterocycles. The number of carbonyl (C=O) groups is 2. The lowest BCUT2D eigenvalue weighted by Gasteiger charge is -2.06. The summed E-state index contributed by atoms with van der Waals surface area (Å²) in [5.74, 6) is 0.535. The van der Waals surface area contributed by atoms with Crippen LogP contribution >= 0.6 is 0 Å². The minimum atomic E-state index is -0.124. The molecule has 2 amide bonds. The molecule has 0 spiro atoms. The second-order valence-corrected chi connectivity index (χ2v) is 7.73. The van der Waals surface area contributed by atoms with Crippen molar-refractivity contribution in [2.75, 3.05) is 17.7 Å². The largest absolute Gasteiger partial charge is 0.497 e. The molecule has 4 rings (SSSR count). The molecule has 4 aromatic carbocycles. The summed E-state index contributed by atoms with van der Waals surface area (Å²) >= 11 is 0. The molecule has 4 aromatic rings. The highest BCUT2D eigenvalue weighted by atomic mass is 16.5. The normalized spacial score (nSPS) is 9.85. The van der Waals surface area contributed by atoms with Crippen molar-refractivity contribution in [2.24, 2.45) is 0 Å². The molecular formula is C29H28N2O3. The zero-order valence-corrected chi connectivity index (χ0v) is 19.5. The van der Waals surface area contributed by atoms with E-state index in [1.165, 1.54) is 5.56 Å². The Morgan fingerprint density at radius 2 is 0.971 bits per heavy atom. The van der Waals surface area contributed by atoms with Crippen molar-refractivity contribution in [1.29, 1.82) is 0 Å². The highest BCUT2D eigenvalue weighted by Crippen LogP contribution is 2.14. The molecule has 0 fully saturated rings. The maximum Gasteiger partial charge on any atom is 0.255 e. The van der Waals surface area contributed by atoms with Crippen molar-refractivity contribution in [3.05, 3.63) is 125 Å². The van der Waals surface area contributed by atoms with Crippen molar-refractivity contribution in [3.8, 4) is 5.75 Å². The highest BCUT2D eigenvalue weighted by Gasteiger charge is 2.06. The first kappa shape index (κ1) is 24.3. The summed E-state index contributed by atoms with van der Waals surface area (Å²) in [6.45, 7) is 4.03. The van der Waals surface area contributed by atoms with Gasteiger partial charge >= 0.3 is 0 Å². The van der Waals surface area contributed by atoms with Gasteiger partial charge in [0.2, 0.25) is 0 Å². The third-order valence-corrected chi connectivity index (χ3v) is 5.01. The molecular weight excluding hydrogens is 424 g/mol. The molecule has 172 valence electrons. The van der Waals surface area contributed by atoms with Crippen LogP contribution in [0.1, 0.15) is 31.8 Å². The lowest BCUT2D eigenvalue weighted by molar-refractivity contribution is 0.101. The van der Waals surface area contributed by atoms with Crippen molar-refractivity contribution in [3.63, 3.8) is 0 Å². The lowest BCUT2D eigenvalue weighted by Crippen LogP contribution is -2.11. The van der Waals surface area contributed by atoms with E-state index in [0.29, 0.717) is 11.1 Å². The van der Waals surface area contributed by atoms with Crippen molar-refractivity contribution < 1.29 is 14.3 Å². The van der Waals surface area contributed by atoms with Crippen LogP contribution in [0.5, 0.6) is 5.75 Å². The van der Waals surface area contributed by atoms with E-state index in [0.717, 1.165) is 22.7 Å². The maximum absolute atomic E-state index is 11.9. The van der Waals surface area contributed by atoms with Gasteiger partial charge in [0.05, 0.1) is 7.11 Å². The summed E-state index contributed by atoms with van der Waals surface area (Å²) in [6, 6.07) is 31.6. The predicted octanol–water partition coefficient (Wildman–Crippen LogP) is 6.50. The first-order chi connectivity index (χ1) is 16.4. The Kier molecular flexibility index (Phi) is 8.58. The number of amides is 2. The van der Waals surface area contributed by atoms with Crippen molar-refractivity contribution in [2.45, 2.75) is 13.8 Å². The van der Waals surface area contributed by atoms with E-state index >= 15 is 0 Å². The second kappa shape index (κ2) is 12.0. The second-order valence-electron chi connectivity index (χ2n) is 7.73. The number of nitrogens with one attached hydrogen (secondary N) is 2. The molecule has 34 heavy (non-hydrogen) atoms. The Balaban J connectivity index is 0.000000192. The molecule has 0 unspecified atom stereocenters. The summed E-state index contributed by atoms with van der Waals surface area (Å²) in [5, 5.41) is 5.69. The fourth-order valence-electron chi connectivity index (χ4n) is 3.01. The van der Waals surface area contributed by atoms with Gasteiger partial charge < -0.3 is 15.4 Å². The summed E-state index contributed by atoms with van der Waals surface area (Å²) in [5.41, 5.74) is 5.23. The van der Waals surface area contributed by atoms with Gasteiger partial charge in [-0.25, -0.2) is 0 Å². The topological polar surface area (TPSA) is 67.4 Å². The van der Waals surface area contributed by atoms with Crippen LogP contribution in [-0.4, -0.2) is 18.9 Å². The first-order valence-electron chi connectivity index (χ1n) is 10.9. The minimum Gasteiger partial charge on any atom is -0.497 e. The smallest absolute Gasteiger partial charge is 0.255 e. The standard InChI is InChI=1S/C15H15NO2.C14H13NO/c1-11-3-7-13(8-4-11)16-15(17)12-5-9-14(18-2)10-6-12;1-11-7-9-13(10-8-11)15-14(16)12-5-3-2-4-6-12/h3-10H,1-2H3,(H,16,17);2-10H,1H3,(H,15,16). The highest BCUT2D eigenvalue weighted by molar-refractivity contribution is 6.04. The average molecular weight is 453 g/mol. The average Bonchev–Trinajstić information content (AvgIpc) is 2.88. The van der Waals surface area contributed by atoms with Crippen LogP contribution in [0.15, 0.2) is 103 Å². The number of ether oxygens (including phenoxy) is 1. The molecule has 0 aliphatic rings. The number of hydrogen-bond acceptors (Lipinski definition) is 3. The van der Waals surface area contributed by atoms with E-state index in [-0.39, 0.29) is 11.8 Å². The zero-order chi connectivity index (χ0) is 24.3. The van der Waals surface area contributed by atoms with Gasteiger partial charge in [0, 0.05) is 22.5 Å². The summed E-state index contributed by atoms with van der Waals surface area (Å²) < 4.78 is 5.05. The number of hydrogen-bond donors (Lipinski definition) is 2. The van der Waals surface area contributed by atoms with E-state index in [1.807, 2.05) is 80.6 Å². The molecule has 2 N–H and O–H groups in total. The van der Waals surface area contributed by atoms with Crippen LogP contribution < -0.4 is 15.4 Å². The molecule has 5 nitrogen and oxygen atoms in total. The van der Waals surface area contributed by atoms with Crippen LogP contribution in [0.2, 0.25) is 0 Å². The third-order valence-electron chi connectivity index (χ3n) is 5.01.